The lowest BCUT2D eigenvalue weighted by atomic mass is 9.97. The van der Waals surface area contributed by atoms with Crippen LogP contribution in [0.15, 0.2) is 5.38 Å². The first-order valence-electron chi connectivity index (χ1n) is 7.87. The van der Waals surface area contributed by atoms with Crippen LogP contribution in [0.4, 0.5) is 5.13 Å². The number of nitrogens with two attached hydrogens (primary N) is 1. The van der Waals surface area contributed by atoms with Crippen LogP contribution >= 0.6 is 11.3 Å². The molecule has 1 aromatic heterocycles. The average Bonchev–Trinajstić information content (AvgIpc) is 2.83. The van der Waals surface area contributed by atoms with E-state index in [4.69, 9.17) is 5.73 Å². The van der Waals surface area contributed by atoms with Crippen LogP contribution in [0.25, 0.3) is 0 Å². The van der Waals surface area contributed by atoms with Crippen LogP contribution in [0, 0.1) is 0 Å². The highest BCUT2D eigenvalue weighted by Gasteiger charge is 2.36. The zero-order valence-corrected chi connectivity index (χ0v) is 13.4. The third kappa shape index (κ3) is 3.37. The van der Waals surface area contributed by atoms with Crippen molar-refractivity contribution < 1.29 is 4.79 Å². The molecule has 6 heteroatoms. The molecule has 0 saturated carbocycles. The van der Waals surface area contributed by atoms with E-state index in [1.54, 1.807) is 0 Å². The van der Waals surface area contributed by atoms with Gasteiger partial charge in [0.1, 0.15) is 0 Å². The van der Waals surface area contributed by atoms with Crippen molar-refractivity contribution in [1.82, 2.24) is 14.8 Å². The molecule has 2 aliphatic heterocycles. The number of carbonyl (C=O) groups is 1. The van der Waals surface area contributed by atoms with Gasteiger partial charge in [-0.05, 0) is 32.7 Å². The van der Waals surface area contributed by atoms with E-state index in [1.165, 1.54) is 37.1 Å². The molecule has 1 atom stereocenters. The molecule has 0 spiro atoms. The quantitative estimate of drug-likeness (QED) is 0.920. The summed E-state index contributed by atoms with van der Waals surface area (Å²) in [4.78, 5) is 20.9. The fourth-order valence-electron chi connectivity index (χ4n) is 3.36. The first kappa shape index (κ1) is 14.8. The molecule has 2 fully saturated rings. The molecule has 3 rings (SSSR count). The number of thiazole rings is 1. The van der Waals surface area contributed by atoms with Crippen LogP contribution in [0.3, 0.4) is 0 Å². The van der Waals surface area contributed by atoms with Crippen molar-refractivity contribution in [3.05, 3.63) is 11.1 Å². The normalized spacial score (nSPS) is 24.0. The topological polar surface area (TPSA) is 62.5 Å². The minimum atomic E-state index is 0.252. The molecular formula is C15H24N4OS. The van der Waals surface area contributed by atoms with Gasteiger partial charge < -0.3 is 10.6 Å². The van der Waals surface area contributed by atoms with Gasteiger partial charge in [0.2, 0.25) is 5.91 Å². The van der Waals surface area contributed by atoms with Crippen molar-refractivity contribution in [3.63, 3.8) is 0 Å². The molecule has 0 aliphatic carbocycles. The molecule has 1 amide bonds. The number of amides is 1. The highest BCUT2D eigenvalue weighted by molar-refractivity contribution is 7.13. The van der Waals surface area contributed by atoms with Crippen LogP contribution in [-0.4, -0.2) is 52.4 Å². The van der Waals surface area contributed by atoms with E-state index in [2.05, 4.69) is 16.8 Å². The number of hydrogen-bond acceptors (Lipinski definition) is 5. The smallest absolute Gasteiger partial charge is 0.223 e. The summed E-state index contributed by atoms with van der Waals surface area (Å²) in [5.41, 5.74) is 6.54. The maximum atomic E-state index is 12.2. The molecule has 0 unspecified atom stereocenters. The van der Waals surface area contributed by atoms with Crippen LogP contribution < -0.4 is 5.73 Å². The first-order valence-corrected chi connectivity index (χ1v) is 8.75. The third-order valence-corrected chi connectivity index (χ3v) is 5.43. The zero-order chi connectivity index (χ0) is 14.8. The van der Waals surface area contributed by atoms with Gasteiger partial charge in [-0.2, -0.15) is 0 Å². The molecule has 21 heavy (non-hydrogen) atoms. The maximum absolute atomic E-state index is 12.2. The Balaban J connectivity index is 1.42. The molecule has 0 radical (unpaired) electrons. The summed E-state index contributed by atoms with van der Waals surface area (Å²) in [7, 11) is 0. The molecule has 2 N–H and O–H groups in total. The van der Waals surface area contributed by atoms with Gasteiger partial charge in [0, 0.05) is 37.0 Å². The van der Waals surface area contributed by atoms with E-state index in [1.807, 2.05) is 10.3 Å². The van der Waals surface area contributed by atoms with Gasteiger partial charge in [0.15, 0.2) is 5.13 Å². The van der Waals surface area contributed by atoms with Crippen LogP contribution in [0.1, 0.15) is 38.3 Å². The Bertz CT molecular complexity index is 498. The summed E-state index contributed by atoms with van der Waals surface area (Å²) in [6.45, 7) is 5.33. The number of piperidine rings is 1. The first-order chi connectivity index (χ1) is 10.1. The Kier molecular flexibility index (Phi) is 4.45. The van der Waals surface area contributed by atoms with Gasteiger partial charge in [-0.25, -0.2) is 4.98 Å². The van der Waals surface area contributed by atoms with E-state index < -0.39 is 0 Å². The second-order valence-corrected chi connectivity index (χ2v) is 7.10. The minimum absolute atomic E-state index is 0.252. The molecule has 5 nitrogen and oxygen atoms in total. The molecule has 0 aromatic carbocycles. The molecule has 2 saturated heterocycles. The summed E-state index contributed by atoms with van der Waals surface area (Å²) in [5.74, 6) is 0.252. The Hall–Kier alpha value is -1.14. The van der Waals surface area contributed by atoms with E-state index in [-0.39, 0.29) is 5.91 Å². The molecule has 1 aromatic rings. The molecule has 0 bridgehead atoms. The van der Waals surface area contributed by atoms with Crippen molar-refractivity contribution in [1.29, 1.82) is 0 Å². The Labute approximate surface area is 130 Å². The number of nitrogens with zero attached hydrogens (tertiary/aromatic N) is 3. The fourth-order valence-corrected chi connectivity index (χ4v) is 3.96. The van der Waals surface area contributed by atoms with Crippen molar-refractivity contribution in [2.75, 3.05) is 25.4 Å². The second-order valence-electron chi connectivity index (χ2n) is 6.21. The fraction of sp³-hybridized carbons (Fsp3) is 0.733. The van der Waals surface area contributed by atoms with Gasteiger partial charge >= 0.3 is 0 Å². The predicted molar refractivity (Wildman–Crippen MR) is 85.2 cm³/mol. The van der Waals surface area contributed by atoms with E-state index in [9.17, 15) is 4.79 Å². The molecule has 2 aliphatic rings. The Morgan fingerprint density at radius 2 is 2.29 bits per heavy atom. The van der Waals surface area contributed by atoms with Gasteiger partial charge in [-0.1, -0.05) is 6.42 Å². The lowest BCUT2D eigenvalue weighted by Crippen LogP contribution is -2.63. The van der Waals surface area contributed by atoms with E-state index >= 15 is 0 Å². The zero-order valence-electron chi connectivity index (χ0n) is 12.6. The van der Waals surface area contributed by atoms with Crippen LogP contribution in [0.5, 0.6) is 0 Å². The largest absolute Gasteiger partial charge is 0.375 e. The lowest BCUT2D eigenvalue weighted by molar-refractivity contribution is -0.139. The molecular weight excluding hydrogens is 284 g/mol. The number of aryl methyl sites for hydroxylation is 1. The van der Waals surface area contributed by atoms with Gasteiger partial charge in [0.25, 0.3) is 0 Å². The van der Waals surface area contributed by atoms with Gasteiger partial charge in [-0.15, -0.1) is 11.3 Å². The summed E-state index contributed by atoms with van der Waals surface area (Å²) in [6, 6.07) is 1.26. The summed E-state index contributed by atoms with van der Waals surface area (Å²) in [6.07, 6.45) is 5.21. The highest BCUT2D eigenvalue weighted by atomic mass is 32.1. The monoisotopic (exact) mass is 308 g/mol. The van der Waals surface area contributed by atoms with E-state index in [0.29, 0.717) is 30.1 Å². The number of anilines is 1. The summed E-state index contributed by atoms with van der Waals surface area (Å²) in [5, 5.41) is 2.53. The standard InChI is InChI=1S/C15H24N4OS/c1-11-4-2-3-7-19(11)13-8-18(9-13)14(20)6-5-12-10-21-15(16)17-12/h10-11,13H,2-9H2,1H3,(H2,16,17)/t11-/m0/s1. The minimum Gasteiger partial charge on any atom is -0.375 e. The maximum Gasteiger partial charge on any atom is 0.223 e. The highest BCUT2D eigenvalue weighted by Crippen LogP contribution is 2.25. The van der Waals surface area contributed by atoms with Gasteiger partial charge in [-0.3, -0.25) is 9.69 Å². The Morgan fingerprint density at radius 3 is 2.95 bits per heavy atom. The van der Waals surface area contributed by atoms with Crippen molar-refractivity contribution in [3.8, 4) is 0 Å². The summed E-state index contributed by atoms with van der Waals surface area (Å²) < 4.78 is 0. The number of likely N-dealkylation sites (tertiary alicyclic amines) is 2. The van der Waals surface area contributed by atoms with Crippen LogP contribution in [0.2, 0.25) is 0 Å². The number of carbonyl (C=O) groups excluding carboxylic acids is 1. The summed E-state index contributed by atoms with van der Waals surface area (Å²) >= 11 is 1.44. The molecule has 116 valence electrons. The van der Waals surface area contributed by atoms with Crippen molar-refractivity contribution in [2.45, 2.75) is 51.1 Å². The predicted octanol–water partition coefficient (Wildman–Crippen LogP) is 1.74. The average molecular weight is 308 g/mol. The molecule has 3 heterocycles. The van der Waals surface area contributed by atoms with Crippen molar-refractivity contribution in [2.24, 2.45) is 0 Å². The number of aromatic nitrogens is 1. The number of rotatable bonds is 4. The van der Waals surface area contributed by atoms with E-state index in [0.717, 1.165) is 18.8 Å². The SMILES string of the molecule is C[C@H]1CCCCN1C1CN(C(=O)CCc2csc(N)n2)C1. The van der Waals surface area contributed by atoms with Gasteiger partial charge in [0.05, 0.1) is 5.69 Å². The lowest BCUT2D eigenvalue weighted by Gasteiger charge is -2.49. The number of nitrogen functional groups attached to an aromatic ring is 1. The number of hydrogen-bond donors (Lipinski definition) is 1. The van der Waals surface area contributed by atoms with Crippen LogP contribution in [-0.2, 0) is 11.2 Å². The second kappa shape index (κ2) is 6.32. The third-order valence-electron chi connectivity index (χ3n) is 4.70. The Morgan fingerprint density at radius 1 is 1.48 bits per heavy atom. The van der Waals surface area contributed by atoms with Crippen molar-refractivity contribution >= 4 is 22.4 Å².